The molecule has 1 saturated heterocycles. The van der Waals surface area contributed by atoms with Crippen LogP contribution in [0.4, 0.5) is 11.6 Å². The molecule has 0 aromatic carbocycles. The topological polar surface area (TPSA) is 139 Å². The van der Waals surface area contributed by atoms with Crippen molar-refractivity contribution in [1.82, 2.24) is 24.4 Å². The summed E-state index contributed by atoms with van der Waals surface area (Å²) in [5.74, 6) is 0.612. The van der Waals surface area contributed by atoms with Crippen LogP contribution >= 0.6 is 11.6 Å². The van der Waals surface area contributed by atoms with Gasteiger partial charge in [-0.1, -0.05) is 11.6 Å². The van der Waals surface area contributed by atoms with Crippen LogP contribution in [0.25, 0.3) is 5.65 Å². The highest BCUT2D eigenvalue weighted by atomic mass is 35.5. The Morgan fingerprint density at radius 3 is 3.03 bits per heavy atom. The fourth-order valence-corrected chi connectivity index (χ4v) is 3.61. The lowest BCUT2D eigenvalue weighted by Crippen LogP contribution is -2.21. The van der Waals surface area contributed by atoms with E-state index in [9.17, 15) is 10.4 Å². The molecule has 2 unspecified atom stereocenters. The maximum atomic E-state index is 9.49. The second kappa shape index (κ2) is 7.87. The Hall–Kier alpha value is -2.87. The number of aromatic nitrogens is 5. The molecule has 4 heterocycles. The number of aryl methyl sites for hydroxylation is 1. The molecule has 0 bridgehead atoms. The van der Waals surface area contributed by atoms with E-state index in [0.29, 0.717) is 48.4 Å². The molecule has 152 valence electrons. The molecule has 4 N–H and O–H groups in total. The Morgan fingerprint density at radius 2 is 2.28 bits per heavy atom. The summed E-state index contributed by atoms with van der Waals surface area (Å²) < 4.78 is 8.67. The molecule has 0 amide bonds. The predicted octanol–water partition coefficient (Wildman–Crippen LogP) is 1.18. The number of ether oxygens (including phenoxy) is 1. The molecule has 1 fully saturated rings. The quantitative estimate of drug-likeness (QED) is 0.544. The van der Waals surface area contributed by atoms with Crippen LogP contribution in [0.3, 0.4) is 0 Å². The van der Waals surface area contributed by atoms with Gasteiger partial charge in [-0.15, -0.1) is 0 Å². The van der Waals surface area contributed by atoms with Gasteiger partial charge in [0, 0.05) is 25.1 Å². The van der Waals surface area contributed by atoms with Crippen molar-refractivity contribution in [2.45, 2.75) is 19.4 Å². The van der Waals surface area contributed by atoms with Crippen molar-refractivity contribution >= 4 is 28.9 Å². The lowest BCUT2D eigenvalue weighted by molar-refractivity contribution is 0.160. The minimum Gasteiger partial charge on any atom is -0.396 e. The lowest BCUT2D eigenvalue weighted by Gasteiger charge is -2.15. The molecule has 10 nitrogen and oxygen atoms in total. The second-order valence-electron chi connectivity index (χ2n) is 6.98. The highest BCUT2D eigenvalue weighted by molar-refractivity contribution is 6.34. The smallest absolute Gasteiger partial charge is 0.178 e. The summed E-state index contributed by atoms with van der Waals surface area (Å²) in [6.45, 7) is 3.42. The minimum absolute atomic E-state index is 0.0445. The molecule has 0 radical (unpaired) electrons. The predicted molar refractivity (Wildman–Crippen MR) is 107 cm³/mol. The fraction of sp³-hybridized carbons (Fsp3) is 0.444. The van der Waals surface area contributed by atoms with Crippen molar-refractivity contribution in [2.75, 3.05) is 37.4 Å². The van der Waals surface area contributed by atoms with Crippen LogP contribution in [-0.2, 0) is 11.2 Å². The number of hydrogen-bond donors (Lipinski definition) is 3. The van der Waals surface area contributed by atoms with Gasteiger partial charge in [-0.3, -0.25) is 4.68 Å². The fourth-order valence-electron chi connectivity index (χ4n) is 3.45. The molecule has 3 aromatic rings. The van der Waals surface area contributed by atoms with Crippen molar-refractivity contribution < 1.29 is 9.84 Å². The first-order valence-corrected chi connectivity index (χ1v) is 9.62. The van der Waals surface area contributed by atoms with Gasteiger partial charge in [0.25, 0.3) is 0 Å². The van der Waals surface area contributed by atoms with Crippen LogP contribution in [-0.4, -0.2) is 55.9 Å². The summed E-state index contributed by atoms with van der Waals surface area (Å²) in [5, 5.41) is 31.3. The number of aliphatic hydroxyl groups is 1. The third-order valence-corrected chi connectivity index (χ3v) is 5.53. The lowest BCUT2D eigenvalue weighted by atomic mass is 10.1. The average Bonchev–Trinajstić information content (AvgIpc) is 3.43. The van der Waals surface area contributed by atoms with Gasteiger partial charge in [-0.2, -0.15) is 20.0 Å². The van der Waals surface area contributed by atoms with Gasteiger partial charge in [-0.05, 0) is 13.0 Å². The highest BCUT2D eigenvalue weighted by Gasteiger charge is 2.29. The van der Waals surface area contributed by atoms with E-state index in [1.54, 1.807) is 6.92 Å². The van der Waals surface area contributed by atoms with Gasteiger partial charge in [0.15, 0.2) is 5.65 Å². The zero-order valence-corrected chi connectivity index (χ0v) is 16.6. The standard InChI is InChI=1S/C18H21ClN8O2/c1-10-15(19)18-23-17(13(6-20)16(21)27(18)24-10)22-4-2-12-3-5-26(25-12)14-9-29-8-11(14)7-28/h3,5,11,14,28H,2,4,7-9,21H2,1H3,(H,22,23). The SMILES string of the molecule is Cc1nn2c(N)c(C#N)c(NCCc3ccn(C4COCC4CO)n3)nc2c1Cl. The molecule has 0 saturated carbocycles. The third-order valence-electron chi connectivity index (χ3n) is 5.09. The molecule has 0 spiro atoms. The van der Waals surface area contributed by atoms with E-state index in [0.717, 1.165) is 5.69 Å². The average molecular weight is 417 g/mol. The monoisotopic (exact) mass is 416 g/mol. The molecule has 1 aliphatic rings. The van der Waals surface area contributed by atoms with Crippen LogP contribution < -0.4 is 11.1 Å². The molecule has 3 aromatic heterocycles. The molecule has 0 aliphatic carbocycles. The van der Waals surface area contributed by atoms with E-state index >= 15 is 0 Å². The maximum absolute atomic E-state index is 9.49. The van der Waals surface area contributed by atoms with Crippen LogP contribution in [0.1, 0.15) is 23.0 Å². The molecule has 2 atom stereocenters. The summed E-state index contributed by atoms with van der Waals surface area (Å²) in [6.07, 6.45) is 2.52. The Bertz CT molecular complexity index is 1090. The summed E-state index contributed by atoms with van der Waals surface area (Å²) in [4.78, 5) is 4.43. The van der Waals surface area contributed by atoms with Gasteiger partial charge in [0.2, 0.25) is 0 Å². The summed E-state index contributed by atoms with van der Waals surface area (Å²) in [6, 6.07) is 4.05. The number of halogens is 1. The molecular weight excluding hydrogens is 396 g/mol. The number of anilines is 2. The summed E-state index contributed by atoms with van der Waals surface area (Å²) in [7, 11) is 0. The van der Waals surface area contributed by atoms with E-state index in [1.807, 2.05) is 16.9 Å². The van der Waals surface area contributed by atoms with E-state index < -0.39 is 0 Å². The van der Waals surface area contributed by atoms with Gasteiger partial charge in [0.1, 0.15) is 28.3 Å². The van der Waals surface area contributed by atoms with Crippen molar-refractivity contribution in [1.29, 1.82) is 5.26 Å². The number of nitriles is 1. The van der Waals surface area contributed by atoms with Crippen LogP contribution in [0.15, 0.2) is 12.3 Å². The van der Waals surface area contributed by atoms with Crippen LogP contribution in [0, 0.1) is 24.2 Å². The number of rotatable bonds is 6. The first-order chi connectivity index (χ1) is 14.0. The number of nitrogen functional groups attached to an aromatic ring is 1. The van der Waals surface area contributed by atoms with Crippen molar-refractivity contribution in [2.24, 2.45) is 5.92 Å². The largest absolute Gasteiger partial charge is 0.396 e. The number of fused-ring (bicyclic) bond motifs is 1. The minimum atomic E-state index is 0.0445. The Labute approximate surface area is 171 Å². The maximum Gasteiger partial charge on any atom is 0.178 e. The molecule has 29 heavy (non-hydrogen) atoms. The normalized spacial score (nSPS) is 19.0. The Balaban J connectivity index is 1.48. The highest BCUT2D eigenvalue weighted by Crippen LogP contribution is 2.27. The van der Waals surface area contributed by atoms with Crippen LogP contribution in [0.5, 0.6) is 0 Å². The van der Waals surface area contributed by atoms with Crippen molar-refractivity contribution in [3.63, 3.8) is 0 Å². The molecule has 11 heteroatoms. The van der Waals surface area contributed by atoms with Gasteiger partial charge < -0.3 is 20.9 Å². The van der Waals surface area contributed by atoms with E-state index in [1.165, 1.54) is 4.52 Å². The second-order valence-corrected chi connectivity index (χ2v) is 7.36. The van der Waals surface area contributed by atoms with Gasteiger partial charge in [0.05, 0.1) is 37.3 Å². The number of aliphatic hydroxyl groups excluding tert-OH is 1. The van der Waals surface area contributed by atoms with Crippen LogP contribution in [0.2, 0.25) is 5.02 Å². The molecule has 4 rings (SSSR count). The summed E-state index contributed by atoms with van der Waals surface area (Å²) >= 11 is 6.25. The Kier molecular flexibility index (Phi) is 5.27. The van der Waals surface area contributed by atoms with Gasteiger partial charge >= 0.3 is 0 Å². The van der Waals surface area contributed by atoms with Crippen molar-refractivity contribution in [3.05, 3.63) is 34.2 Å². The number of nitrogens with zero attached hydrogens (tertiary/aromatic N) is 6. The van der Waals surface area contributed by atoms with E-state index in [4.69, 9.17) is 22.1 Å². The molecular formula is C18H21ClN8O2. The van der Waals surface area contributed by atoms with Gasteiger partial charge in [-0.25, -0.2) is 4.98 Å². The first kappa shape index (κ1) is 19.4. The summed E-state index contributed by atoms with van der Waals surface area (Å²) in [5.41, 5.74) is 8.18. The number of hydrogen-bond acceptors (Lipinski definition) is 8. The molecule has 1 aliphatic heterocycles. The first-order valence-electron chi connectivity index (χ1n) is 9.24. The third kappa shape index (κ3) is 3.48. The van der Waals surface area contributed by atoms with E-state index in [-0.39, 0.29) is 29.9 Å². The zero-order valence-electron chi connectivity index (χ0n) is 15.8. The Morgan fingerprint density at radius 1 is 1.45 bits per heavy atom. The number of nitrogens with two attached hydrogens (primary N) is 1. The number of nitrogens with one attached hydrogen (secondary N) is 1. The zero-order chi connectivity index (χ0) is 20.5. The van der Waals surface area contributed by atoms with Crippen molar-refractivity contribution in [3.8, 4) is 6.07 Å². The van der Waals surface area contributed by atoms with E-state index in [2.05, 4.69) is 26.6 Å².